The number of hydrogen-bond donors (Lipinski definition) is 0. The SMILES string of the molecule is CC1CC1(OC(=O)c1ccccc1)C1(OC(=O)c2ccccc2)CC1C. The van der Waals surface area contributed by atoms with Crippen molar-refractivity contribution in [3.05, 3.63) is 71.8 Å². The predicted molar refractivity (Wildman–Crippen MR) is 96.7 cm³/mol. The van der Waals surface area contributed by atoms with Gasteiger partial charge in [0.25, 0.3) is 0 Å². The van der Waals surface area contributed by atoms with Crippen LogP contribution in [0.1, 0.15) is 47.4 Å². The molecule has 0 amide bonds. The van der Waals surface area contributed by atoms with E-state index in [1.807, 2.05) is 50.2 Å². The molecule has 0 saturated heterocycles. The van der Waals surface area contributed by atoms with Gasteiger partial charge < -0.3 is 9.47 Å². The summed E-state index contributed by atoms with van der Waals surface area (Å²) in [4.78, 5) is 25.2. The van der Waals surface area contributed by atoms with Gasteiger partial charge in [-0.1, -0.05) is 50.2 Å². The molecule has 2 saturated carbocycles. The van der Waals surface area contributed by atoms with E-state index in [2.05, 4.69) is 0 Å². The minimum atomic E-state index is -0.718. The monoisotopic (exact) mass is 350 g/mol. The fraction of sp³-hybridized carbons (Fsp3) is 0.364. The lowest BCUT2D eigenvalue weighted by Gasteiger charge is -2.29. The van der Waals surface area contributed by atoms with Crippen LogP contribution < -0.4 is 0 Å². The largest absolute Gasteiger partial charge is 0.451 e. The van der Waals surface area contributed by atoms with Crippen LogP contribution in [0.4, 0.5) is 0 Å². The lowest BCUT2D eigenvalue weighted by Crippen LogP contribution is -2.42. The highest BCUT2D eigenvalue weighted by molar-refractivity contribution is 5.91. The summed E-state index contributed by atoms with van der Waals surface area (Å²) in [5, 5.41) is 0. The maximum atomic E-state index is 12.6. The van der Waals surface area contributed by atoms with Crippen molar-refractivity contribution in [1.29, 1.82) is 0 Å². The second-order valence-electron chi connectivity index (χ2n) is 7.50. The summed E-state index contributed by atoms with van der Waals surface area (Å²) in [5.74, 6) is -0.374. The highest BCUT2D eigenvalue weighted by Crippen LogP contribution is 2.68. The van der Waals surface area contributed by atoms with Crippen LogP contribution >= 0.6 is 0 Å². The number of ether oxygens (including phenoxy) is 2. The maximum Gasteiger partial charge on any atom is 0.338 e. The molecule has 2 aromatic rings. The third-order valence-electron chi connectivity index (χ3n) is 5.78. The Labute approximate surface area is 153 Å². The number of rotatable bonds is 5. The molecule has 26 heavy (non-hydrogen) atoms. The van der Waals surface area contributed by atoms with Crippen LogP contribution in [0.2, 0.25) is 0 Å². The minimum absolute atomic E-state index is 0.170. The molecule has 4 nitrogen and oxygen atoms in total. The first kappa shape index (κ1) is 16.8. The van der Waals surface area contributed by atoms with Crippen LogP contribution in [-0.2, 0) is 9.47 Å². The summed E-state index contributed by atoms with van der Waals surface area (Å²) in [7, 11) is 0. The summed E-state index contributed by atoms with van der Waals surface area (Å²) in [6.07, 6.45) is 1.44. The molecule has 2 aromatic carbocycles. The van der Waals surface area contributed by atoms with Crippen LogP contribution in [0.15, 0.2) is 60.7 Å². The zero-order valence-corrected chi connectivity index (χ0v) is 15.0. The fourth-order valence-electron chi connectivity index (χ4n) is 4.03. The van der Waals surface area contributed by atoms with Crippen molar-refractivity contribution < 1.29 is 19.1 Å². The molecule has 4 atom stereocenters. The Balaban J connectivity index is 1.56. The van der Waals surface area contributed by atoms with Crippen molar-refractivity contribution in [2.75, 3.05) is 0 Å². The Kier molecular flexibility index (Phi) is 3.87. The number of carbonyl (C=O) groups is 2. The molecule has 0 radical (unpaired) electrons. The molecular formula is C22H22O4. The minimum Gasteiger partial charge on any atom is -0.451 e. The quantitative estimate of drug-likeness (QED) is 0.756. The van der Waals surface area contributed by atoms with Crippen molar-refractivity contribution in [2.24, 2.45) is 11.8 Å². The topological polar surface area (TPSA) is 52.6 Å². The molecule has 0 N–H and O–H groups in total. The third-order valence-corrected chi connectivity index (χ3v) is 5.78. The van der Waals surface area contributed by atoms with Gasteiger partial charge in [-0.2, -0.15) is 0 Å². The smallest absolute Gasteiger partial charge is 0.338 e. The number of carbonyl (C=O) groups excluding carboxylic acids is 2. The Bertz CT molecular complexity index is 760. The van der Waals surface area contributed by atoms with Crippen LogP contribution in [0.3, 0.4) is 0 Å². The van der Waals surface area contributed by atoms with E-state index in [1.165, 1.54) is 0 Å². The van der Waals surface area contributed by atoms with Gasteiger partial charge in [-0.15, -0.1) is 0 Å². The molecular weight excluding hydrogens is 328 g/mol. The van der Waals surface area contributed by atoms with Crippen LogP contribution in [0.25, 0.3) is 0 Å². The molecule has 2 aliphatic carbocycles. The van der Waals surface area contributed by atoms with Crippen molar-refractivity contribution in [3.8, 4) is 0 Å². The van der Waals surface area contributed by atoms with E-state index in [1.54, 1.807) is 24.3 Å². The average Bonchev–Trinajstić information content (AvgIpc) is 3.53. The second kappa shape index (κ2) is 5.97. The van der Waals surface area contributed by atoms with Gasteiger partial charge in [0.15, 0.2) is 11.2 Å². The van der Waals surface area contributed by atoms with E-state index in [0.717, 1.165) is 12.8 Å². The second-order valence-corrected chi connectivity index (χ2v) is 7.50. The van der Waals surface area contributed by atoms with Gasteiger partial charge in [-0.25, -0.2) is 9.59 Å². The summed E-state index contributed by atoms with van der Waals surface area (Å²) in [6, 6.07) is 17.9. The van der Waals surface area contributed by atoms with Gasteiger partial charge >= 0.3 is 11.9 Å². The standard InChI is InChI=1S/C22H22O4/c1-15-13-21(15,25-19(23)17-9-5-3-6-10-17)22(14-16(22)2)26-20(24)18-11-7-4-8-12-18/h3-12,15-16H,13-14H2,1-2H3. The van der Waals surface area contributed by atoms with Gasteiger partial charge in [0.2, 0.25) is 0 Å². The molecule has 0 bridgehead atoms. The van der Waals surface area contributed by atoms with E-state index in [-0.39, 0.29) is 23.8 Å². The van der Waals surface area contributed by atoms with Crippen molar-refractivity contribution in [1.82, 2.24) is 0 Å². The fourth-order valence-corrected chi connectivity index (χ4v) is 4.03. The van der Waals surface area contributed by atoms with Crippen molar-refractivity contribution >= 4 is 11.9 Å². The lowest BCUT2D eigenvalue weighted by molar-refractivity contribution is -0.0730. The van der Waals surface area contributed by atoms with E-state index >= 15 is 0 Å². The zero-order chi connectivity index (χ0) is 18.4. The molecule has 4 unspecified atom stereocenters. The number of hydrogen-bond acceptors (Lipinski definition) is 4. The molecule has 0 heterocycles. The zero-order valence-electron chi connectivity index (χ0n) is 15.0. The van der Waals surface area contributed by atoms with Crippen LogP contribution in [-0.4, -0.2) is 23.1 Å². The van der Waals surface area contributed by atoms with Gasteiger partial charge in [-0.05, 0) is 37.1 Å². The molecule has 0 spiro atoms. The first-order chi connectivity index (χ1) is 12.5. The third kappa shape index (κ3) is 2.61. The van der Waals surface area contributed by atoms with Gasteiger partial charge in [0.1, 0.15) is 0 Å². The first-order valence-electron chi connectivity index (χ1n) is 9.05. The Morgan fingerprint density at radius 1 is 0.731 bits per heavy atom. The highest BCUT2D eigenvalue weighted by Gasteiger charge is 2.79. The summed E-state index contributed by atoms with van der Waals surface area (Å²) >= 11 is 0. The number of benzene rings is 2. The van der Waals surface area contributed by atoms with E-state index in [4.69, 9.17) is 9.47 Å². The molecule has 2 fully saturated rings. The highest BCUT2D eigenvalue weighted by atomic mass is 16.6. The summed E-state index contributed by atoms with van der Waals surface area (Å²) in [5.41, 5.74) is -0.402. The number of esters is 2. The molecule has 4 rings (SSSR count). The Morgan fingerprint density at radius 3 is 1.31 bits per heavy atom. The average molecular weight is 350 g/mol. The van der Waals surface area contributed by atoms with E-state index in [9.17, 15) is 9.59 Å². The Morgan fingerprint density at radius 2 is 1.04 bits per heavy atom. The predicted octanol–water partition coefficient (Wildman–Crippen LogP) is 4.26. The maximum absolute atomic E-state index is 12.6. The molecule has 4 heteroatoms. The van der Waals surface area contributed by atoms with Crippen LogP contribution in [0.5, 0.6) is 0 Å². The van der Waals surface area contributed by atoms with Crippen molar-refractivity contribution in [3.63, 3.8) is 0 Å². The van der Waals surface area contributed by atoms with Gasteiger partial charge in [0.05, 0.1) is 11.1 Å². The van der Waals surface area contributed by atoms with Gasteiger partial charge in [0, 0.05) is 11.8 Å². The molecule has 0 aliphatic heterocycles. The van der Waals surface area contributed by atoms with Crippen LogP contribution in [0, 0.1) is 11.8 Å². The summed E-state index contributed by atoms with van der Waals surface area (Å²) < 4.78 is 11.9. The molecule has 0 aromatic heterocycles. The summed E-state index contributed by atoms with van der Waals surface area (Å²) in [6.45, 7) is 4.09. The van der Waals surface area contributed by atoms with E-state index in [0.29, 0.717) is 11.1 Å². The Hall–Kier alpha value is -2.62. The first-order valence-corrected chi connectivity index (χ1v) is 9.05. The molecule has 2 aliphatic rings. The normalized spacial score (nSPS) is 31.8. The van der Waals surface area contributed by atoms with E-state index < -0.39 is 11.2 Å². The lowest BCUT2D eigenvalue weighted by atomic mass is 10.0. The van der Waals surface area contributed by atoms with Crippen molar-refractivity contribution in [2.45, 2.75) is 37.9 Å². The molecule has 134 valence electrons. The van der Waals surface area contributed by atoms with Gasteiger partial charge in [-0.3, -0.25) is 0 Å².